The zero-order chi connectivity index (χ0) is 21.5. The third-order valence-corrected chi connectivity index (χ3v) is 4.82. The Balaban J connectivity index is 2.04. The van der Waals surface area contributed by atoms with Crippen LogP contribution < -0.4 is 4.90 Å². The molecule has 0 aromatic heterocycles. The minimum atomic E-state index is -1.02. The normalized spacial score (nSPS) is 17.1. The van der Waals surface area contributed by atoms with Crippen molar-refractivity contribution in [1.82, 2.24) is 4.90 Å². The number of ether oxygens (including phenoxy) is 1. The highest BCUT2D eigenvalue weighted by molar-refractivity contribution is 9.10. The van der Waals surface area contributed by atoms with Gasteiger partial charge in [-0.2, -0.15) is 0 Å². The van der Waals surface area contributed by atoms with E-state index in [0.29, 0.717) is 6.07 Å². The maximum atomic E-state index is 14.0. The molecule has 0 aliphatic carbocycles. The van der Waals surface area contributed by atoms with E-state index in [4.69, 9.17) is 4.74 Å². The van der Waals surface area contributed by atoms with E-state index in [0.717, 1.165) is 28.0 Å². The van der Waals surface area contributed by atoms with Gasteiger partial charge in [-0.3, -0.25) is 4.90 Å². The maximum Gasteiger partial charge on any atom is 0.419 e. The Hall–Kier alpha value is -2.55. The van der Waals surface area contributed by atoms with Gasteiger partial charge in [0.05, 0.1) is 17.1 Å². The predicted octanol–water partition coefficient (Wildman–Crippen LogP) is 5.78. The molecule has 0 saturated carbocycles. The molecule has 9 heteroatoms. The summed E-state index contributed by atoms with van der Waals surface area (Å²) in [6, 6.07) is 5.03. The highest BCUT2D eigenvalue weighted by Crippen LogP contribution is 2.35. The molecule has 1 atom stereocenters. The minimum Gasteiger partial charge on any atom is -0.443 e. The lowest BCUT2D eigenvalue weighted by Crippen LogP contribution is -2.41. The monoisotopic (exact) mass is 470 g/mol. The summed E-state index contributed by atoms with van der Waals surface area (Å²) in [5, 5.41) is 0. The number of halogens is 4. The number of nitrogens with zero attached hydrogens (tertiary/aromatic N) is 2. The average Bonchev–Trinajstić information content (AvgIpc) is 2.92. The molecular formula is C20H18BrF3N2O3. The van der Waals surface area contributed by atoms with E-state index in [1.165, 1.54) is 12.1 Å². The van der Waals surface area contributed by atoms with Crippen molar-refractivity contribution in [3.8, 4) is 0 Å². The van der Waals surface area contributed by atoms with Crippen LogP contribution in [-0.4, -0.2) is 29.2 Å². The van der Waals surface area contributed by atoms with E-state index in [9.17, 15) is 22.8 Å². The summed E-state index contributed by atoms with van der Waals surface area (Å²) in [5.41, 5.74) is -0.614. The number of carbonyl (C=O) groups is 2. The molecule has 1 heterocycles. The number of benzene rings is 2. The van der Waals surface area contributed by atoms with Gasteiger partial charge in [0.2, 0.25) is 0 Å². The number of imide groups is 1. The third-order valence-electron chi connectivity index (χ3n) is 4.18. The Bertz CT molecular complexity index is 958. The van der Waals surface area contributed by atoms with Gasteiger partial charge in [0, 0.05) is 11.8 Å². The van der Waals surface area contributed by atoms with Gasteiger partial charge < -0.3 is 4.74 Å². The molecule has 0 N–H and O–H groups in total. The Kier molecular flexibility index (Phi) is 5.62. The molecule has 0 spiro atoms. The van der Waals surface area contributed by atoms with Crippen LogP contribution in [0.4, 0.5) is 28.4 Å². The molecule has 0 bridgehead atoms. The second-order valence-electron chi connectivity index (χ2n) is 7.56. The molecule has 154 valence electrons. The van der Waals surface area contributed by atoms with E-state index in [1.807, 2.05) is 0 Å². The molecule has 5 nitrogen and oxygen atoms in total. The summed E-state index contributed by atoms with van der Waals surface area (Å²) in [4.78, 5) is 27.7. The van der Waals surface area contributed by atoms with Gasteiger partial charge in [-0.15, -0.1) is 0 Å². The molecule has 3 amide bonds. The number of amides is 3. The molecule has 1 saturated heterocycles. The van der Waals surface area contributed by atoms with Gasteiger partial charge in [-0.05, 0) is 72.6 Å². The van der Waals surface area contributed by atoms with Crippen LogP contribution in [0.1, 0.15) is 32.4 Å². The Labute approximate surface area is 174 Å². The molecule has 2 aromatic rings. The van der Waals surface area contributed by atoms with E-state index in [-0.39, 0.29) is 22.3 Å². The topological polar surface area (TPSA) is 49.9 Å². The Morgan fingerprint density at radius 3 is 2.28 bits per heavy atom. The number of carbonyl (C=O) groups excluding carboxylic acids is 2. The van der Waals surface area contributed by atoms with Crippen LogP contribution >= 0.6 is 15.9 Å². The van der Waals surface area contributed by atoms with Crippen LogP contribution in [0, 0.1) is 17.5 Å². The Morgan fingerprint density at radius 1 is 1.10 bits per heavy atom. The van der Waals surface area contributed by atoms with Gasteiger partial charge in [0.1, 0.15) is 23.1 Å². The molecule has 3 rings (SSSR count). The first-order chi connectivity index (χ1) is 13.5. The van der Waals surface area contributed by atoms with Crippen molar-refractivity contribution in [1.29, 1.82) is 0 Å². The van der Waals surface area contributed by atoms with Crippen molar-refractivity contribution < 1.29 is 27.5 Å². The lowest BCUT2D eigenvalue weighted by Gasteiger charge is -2.26. The van der Waals surface area contributed by atoms with Crippen molar-refractivity contribution >= 4 is 33.7 Å². The standard InChI is InChI=1S/C20H18BrF3N2O3/c1-20(2,3)29-19(28)26-17(11-6-12(22)8-13(23)7-11)10-25(18(26)27)14-4-5-15(21)16(24)9-14/h4-9,17H,10H2,1-3H3. The fraction of sp³-hybridized carbons (Fsp3) is 0.300. The largest absolute Gasteiger partial charge is 0.443 e. The fourth-order valence-corrected chi connectivity index (χ4v) is 3.25. The lowest BCUT2D eigenvalue weighted by atomic mass is 10.1. The van der Waals surface area contributed by atoms with Crippen molar-refractivity contribution in [2.24, 2.45) is 0 Å². The van der Waals surface area contributed by atoms with Crippen molar-refractivity contribution in [3.63, 3.8) is 0 Å². The molecular weight excluding hydrogens is 453 g/mol. The first-order valence-electron chi connectivity index (χ1n) is 8.71. The highest BCUT2D eigenvalue weighted by Gasteiger charge is 2.45. The molecule has 1 aliphatic heterocycles. The average molecular weight is 471 g/mol. The molecule has 29 heavy (non-hydrogen) atoms. The Morgan fingerprint density at radius 2 is 1.72 bits per heavy atom. The summed E-state index contributed by atoms with van der Waals surface area (Å²) >= 11 is 3.04. The second-order valence-corrected chi connectivity index (χ2v) is 8.41. The second kappa shape index (κ2) is 7.70. The van der Waals surface area contributed by atoms with Crippen LogP contribution in [0.2, 0.25) is 0 Å². The lowest BCUT2D eigenvalue weighted by molar-refractivity contribution is 0.0298. The van der Waals surface area contributed by atoms with E-state index in [1.54, 1.807) is 20.8 Å². The number of anilines is 1. The first kappa shape index (κ1) is 21.2. The van der Waals surface area contributed by atoms with Gasteiger partial charge in [-0.1, -0.05) is 0 Å². The number of hydrogen-bond donors (Lipinski definition) is 0. The number of rotatable bonds is 2. The fourth-order valence-electron chi connectivity index (χ4n) is 3.00. The predicted molar refractivity (Wildman–Crippen MR) is 104 cm³/mol. The van der Waals surface area contributed by atoms with Crippen LogP contribution in [0.5, 0.6) is 0 Å². The van der Waals surface area contributed by atoms with Crippen LogP contribution in [-0.2, 0) is 4.74 Å². The summed E-state index contributed by atoms with van der Waals surface area (Å²) < 4.78 is 47.0. The van der Waals surface area contributed by atoms with Gasteiger partial charge in [0.25, 0.3) is 0 Å². The van der Waals surface area contributed by atoms with E-state index < -0.39 is 41.2 Å². The zero-order valence-corrected chi connectivity index (χ0v) is 17.5. The first-order valence-corrected chi connectivity index (χ1v) is 9.50. The van der Waals surface area contributed by atoms with Crippen LogP contribution in [0.3, 0.4) is 0 Å². The molecule has 1 aliphatic rings. The van der Waals surface area contributed by atoms with E-state index in [2.05, 4.69) is 15.9 Å². The number of hydrogen-bond acceptors (Lipinski definition) is 3. The summed E-state index contributed by atoms with van der Waals surface area (Å²) in [7, 11) is 0. The maximum absolute atomic E-state index is 14.0. The summed E-state index contributed by atoms with van der Waals surface area (Å²) in [6.07, 6.45) is -0.961. The van der Waals surface area contributed by atoms with Crippen molar-refractivity contribution in [3.05, 3.63) is 63.9 Å². The molecule has 0 radical (unpaired) electrons. The molecule has 2 aromatic carbocycles. The van der Waals surface area contributed by atoms with Gasteiger partial charge >= 0.3 is 12.1 Å². The SMILES string of the molecule is CC(C)(C)OC(=O)N1C(=O)N(c2ccc(Br)c(F)c2)CC1c1cc(F)cc(F)c1. The molecule has 1 unspecified atom stereocenters. The van der Waals surface area contributed by atoms with Crippen LogP contribution in [0.25, 0.3) is 0 Å². The third kappa shape index (κ3) is 4.55. The van der Waals surface area contributed by atoms with Crippen molar-refractivity contribution in [2.45, 2.75) is 32.4 Å². The minimum absolute atomic E-state index is 0.0850. The highest BCUT2D eigenvalue weighted by atomic mass is 79.9. The number of urea groups is 1. The van der Waals surface area contributed by atoms with Crippen molar-refractivity contribution in [2.75, 3.05) is 11.4 Å². The van der Waals surface area contributed by atoms with E-state index >= 15 is 0 Å². The smallest absolute Gasteiger partial charge is 0.419 e. The quantitative estimate of drug-likeness (QED) is 0.558. The van der Waals surface area contributed by atoms with Gasteiger partial charge in [0.15, 0.2) is 0 Å². The summed E-state index contributed by atoms with van der Waals surface area (Å²) in [6.45, 7) is 4.76. The zero-order valence-electron chi connectivity index (χ0n) is 15.9. The summed E-state index contributed by atoms with van der Waals surface area (Å²) in [5.74, 6) is -2.28. The molecule has 1 fully saturated rings. The van der Waals surface area contributed by atoms with Crippen LogP contribution in [0.15, 0.2) is 40.9 Å². The van der Waals surface area contributed by atoms with Gasteiger partial charge in [-0.25, -0.2) is 27.7 Å².